The molecular weight excluding hydrogens is 280 g/mol. The van der Waals surface area contributed by atoms with Crippen LogP contribution in [0.5, 0.6) is 0 Å². The van der Waals surface area contributed by atoms with Crippen LogP contribution in [0.3, 0.4) is 0 Å². The van der Waals surface area contributed by atoms with Crippen LogP contribution >= 0.6 is 15.9 Å². The topological polar surface area (TPSA) is 42.7 Å². The molecule has 2 aromatic rings. The van der Waals surface area contributed by atoms with Gasteiger partial charge in [0.2, 0.25) is 0 Å². The molecule has 0 saturated heterocycles. The number of rotatable bonds is 3. The van der Waals surface area contributed by atoms with E-state index >= 15 is 0 Å². The molecule has 1 unspecified atom stereocenters. The summed E-state index contributed by atoms with van der Waals surface area (Å²) in [5.41, 5.74) is 3.27. The van der Waals surface area contributed by atoms with Crippen molar-refractivity contribution in [2.75, 3.05) is 7.05 Å². The zero-order chi connectivity index (χ0) is 12.4. The Morgan fingerprint density at radius 1 is 1.47 bits per heavy atom. The van der Waals surface area contributed by atoms with Gasteiger partial charge in [0, 0.05) is 13.2 Å². The molecule has 1 N–H and O–H groups in total. The van der Waals surface area contributed by atoms with E-state index in [2.05, 4.69) is 44.3 Å². The van der Waals surface area contributed by atoms with E-state index in [1.165, 1.54) is 5.56 Å². The Kier molecular flexibility index (Phi) is 3.59. The van der Waals surface area contributed by atoms with Gasteiger partial charge in [-0.2, -0.15) is 5.10 Å². The molecule has 0 radical (unpaired) electrons. The molecule has 0 aliphatic carbocycles. The van der Waals surface area contributed by atoms with E-state index in [9.17, 15) is 0 Å². The molecule has 0 fully saturated rings. The summed E-state index contributed by atoms with van der Waals surface area (Å²) in [6.45, 7) is 2.07. The fraction of sp³-hybridized carbons (Fsp3) is 0.333. The molecule has 17 heavy (non-hydrogen) atoms. The van der Waals surface area contributed by atoms with E-state index in [0.717, 1.165) is 15.9 Å². The SMILES string of the molecule is CNC(c1cc(C)ccn1)c1c(Br)cnn1C. The first-order chi connectivity index (χ1) is 8.13. The number of nitrogens with zero attached hydrogens (tertiary/aromatic N) is 3. The molecule has 0 amide bonds. The minimum absolute atomic E-state index is 0.0387. The maximum atomic E-state index is 4.42. The van der Waals surface area contributed by atoms with Gasteiger partial charge in [0.15, 0.2) is 0 Å². The van der Waals surface area contributed by atoms with Crippen molar-refractivity contribution in [3.63, 3.8) is 0 Å². The number of pyridine rings is 1. The van der Waals surface area contributed by atoms with Crippen LogP contribution < -0.4 is 5.32 Å². The molecule has 2 heterocycles. The molecule has 5 heteroatoms. The second-order valence-electron chi connectivity index (χ2n) is 3.98. The van der Waals surface area contributed by atoms with Crippen LogP contribution in [0.4, 0.5) is 0 Å². The van der Waals surface area contributed by atoms with Crippen LogP contribution in [-0.2, 0) is 7.05 Å². The van der Waals surface area contributed by atoms with E-state index in [0.29, 0.717) is 0 Å². The molecule has 0 aliphatic rings. The smallest absolute Gasteiger partial charge is 0.0930 e. The molecule has 2 rings (SSSR count). The van der Waals surface area contributed by atoms with E-state index in [-0.39, 0.29) is 6.04 Å². The van der Waals surface area contributed by atoms with Crippen molar-refractivity contribution in [3.8, 4) is 0 Å². The lowest BCUT2D eigenvalue weighted by molar-refractivity contribution is 0.592. The summed E-state index contributed by atoms with van der Waals surface area (Å²) in [6, 6.07) is 4.12. The predicted octanol–water partition coefficient (Wildman–Crippen LogP) is 2.19. The third kappa shape index (κ3) is 2.40. The molecule has 0 aromatic carbocycles. The van der Waals surface area contributed by atoms with E-state index < -0.39 is 0 Å². The maximum Gasteiger partial charge on any atom is 0.0930 e. The molecule has 0 bridgehead atoms. The van der Waals surface area contributed by atoms with Gasteiger partial charge in [-0.1, -0.05) is 0 Å². The summed E-state index contributed by atoms with van der Waals surface area (Å²) in [5.74, 6) is 0. The van der Waals surface area contributed by atoms with Gasteiger partial charge < -0.3 is 5.32 Å². The van der Waals surface area contributed by atoms with Crippen LogP contribution in [0.25, 0.3) is 0 Å². The summed E-state index contributed by atoms with van der Waals surface area (Å²) in [4.78, 5) is 4.42. The fourth-order valence-corrected chi connectivity index (χ4v) is 2.46. The standard InChI is InChI=1S/C12H15BrN4/c1-8-4-5-15-10(6-8)11(14-2)12-9(13)7-16-17(12)3/h4-7,11,14H,1-3H3. The van der Waals surface area contributed by atoms with Crippen molar-refractivity contribution in [2.45, 2.75) is 13.0 Å². The average Bonchev–Trinajstić information content (AvgIpc) is 2.62. The van der Waals surface area contributed by atoms with E-state index in [1.54, 1.807) is 6.20 Å². The van der Waals surface area contributed by atoms with Crippen LogP contribution in [-0.4, -0.2) is 21.8 Å². The van der Waals surface area contributed by atoms with Gasteiger partial charge >= 0.3 is 0 Å². The second kappa shape index (κ2) is 4.98. The lowest BCUT2D eigenvalue weighted by atomic mass is 10.1. The van der Waals surface area contributed by atoms with Gasteiger partial charge in [0.05, 0.1) is 28.1 Å². The number of aromatic nitrogens is 3. The number of aryl methyl sites for hydroxylation is 2. The molecule has 0 spiro atoms. The van der Waals surface area contributed by atoms with Gasteiger partial charge in [-0.15, -0.1) is 0 Å². The fourth-order valence-electron chi connectivity index (χ4n) is 1.89. The first-order valence-corrected chi connectivity index (χ1v) is 6.20. The number of hydrogen-bond donors (Lipinski definition) is 1. The third-order valence-electron chi connectivity index (χ3n) is 2.73. The highest BCUT2D eigenvalue weighted by atomic mass is 79.9. The van der Waals surface area contributed by atoms with Gasteiger partial charge in [0.1, 0.15) is 0 Å². The van der Waals surface area contributed by atoms with E-state index in [1.807, 2.05) is 31.0 Å². The normalized spacial score (nSPS) is 12.7. The Morgan fingerprint density at radius 3 is 2.76 bits per heavy atom. The average molecular weight is 295 g/mol. The minimum Gasteiger partial charge on any atom is -0.307 e. The zero-order valence-electron chi connectivity index (χ0n) is 10.1. The highest BCUT2D eigenvalue weighted by Gasteiger charge is 2.20. The van der Waals surface area contributed by atoms with Crippen molar-refractivity contribution in [2.24, 2.45) is 7.05 Å². The Bertz CT molecular complexity index is 501. The number of hydrogen-bond acceptors (Lipinski definition) is 3. The molecule has 1 atom stereocenters. The van der Waals surface area contributed by atoms with E-state index in [4.69, 9.17) is 0 Å². The van der Waals surface area contributed by atoms with Crippen LogP contribution in [0.2, 0.25) is 0 Å². The number of nitrogens with one attached hydrogen (secondary N) is 1. The Labute approximate surface area is 109 Å². The highest BCUT2D eigenvalue weighted by Crippen LogP contribution is 2.26. The largest absolute Gasteiger partial charge is 0.307 e. The van der Waals surface area contributed by atoms with Crippen molar-refractivity contribution < 1.29 is 0 Å². The quantitative estimate of drug-likeness (QED) is 0.944. The lowest BCUT2D eigenvalue weighted by Gasteiger charge is -2.17. The third-order valence-corrected chi connectivity index (χ3v) is 3.34. The molecule has 90 valence electrons. The lowest BCUT2D eigenvalue weighted by Crippen LogP contribution is -2.22. The minimum atomic E-state index is 0.0387. The summed E-state index contributed by atoms with van der Waals surface area (Å²) >= 11 is 3.52. The summed E-state index contributed by atoms with van der Waals surface area (Å²) < 4.78 is 2.84. The van der Waals surface area contributed by atoms with Gasteiger partial charge in [-0.25, -0.2) is 0 Å². The molecule has 0 aliphatic heterocycles. The summed E-state index contributed by atoms with van der Waals surface area (Å²) in [5, 5.41) is 7.51. The van der Waals surface area contributed by atoms with Crippen molar-refractivity contribution in [1.82, 2.24) is 20.1 Å². The number of halogens is 1. The summed E-state index contributed by atoms with van der Waals surface area (Å²) in [6.07, 6.45) is 3.63. The monoisotopic (exact) mass is 294 g/mol. The van der Waals surface area contributed by atoms with Crippen molar-refractivity contribution >= 4 is 15.9 Å². The van der Waals surface area contributed by atoms with Crippen LogP contribution in [0.15, 0.2) is 29.0 Å². The van der Waals surface area contributed by atoms with Gasteiger partial charge in [-0.3, -0.25) is 9.67 Å². The van der Waals surface area contributed by atoms with Gasteiger partial charge in [-0.05, 0) is 47.6 Å². The van der Waals surface area contributed by atoms with Crippen molar-refractivity contribution in [1.29, 1.82) is 0 Å². The molecule has 0 saturated carbocycles. The second-order valence-corrected chi connectivity index (χ2v) is 4.84. The molecular formula is C12H15BrN4. The van der Waals surface area contributed by atoms with Crippen molar-refractivity contribution in [3.05, 3.63) is 46.0 Å². The zero-order valence-corrected chi connectivity index (χ0v) is 11.7. The molecule has 2 aromatic heterocycles. The van der Waals surface area contributed by atoms with Crippen LogP contribution in [0.1, 0.15) is 23.0 Å². The highest BCUT2D eigenvalue weighted by molar-refractivity contribution is 9.10. The van der Waals surface area contributed by atoms with Gasteiger partial charge in [0.25, 0.3) is 0 Å². The first kappa shape index (κ1) is 12.3. The van der Waals surface area contributed by atoms with Crippen LogP contribution in [0, 0.1) is 6.92 Å². The first-order valence-electron chi connectivity index (χ1n) is 5.40. The predicted molar refractivity (Wildman–Crippen MR) is 70.8 cm³/mol. The summed E-state index contributed by atoms with van der Waals surface area (Å²) in [7, 11) is 3.86. The Balaban J connectivity index is 2.47. The molecule has 4 nitrogen and oxygen atoms in total. The maximum absolute atomic E-state index is 4.42. The Hall–Kier alpha value is -1.20. The Morgan fingerprint density at radius 2 is 2.24 bits per heavy atom.